The van der Waals surface area contributed by atoms with Gasteiger partial charge in [-0.15, -0.1) is 24.0 Å². The quantitative estimate of drug-likeness (QED) is 0.298. The summed E-state index contributed by atoms with van der Waals surface area (Å²) in [4.78, 5) is 18.4. The molecule has 1 amide bonds. The van der Waals surface area contributed by atoms with E-state index in [1.807, 2.05) is 7.05 Å². The molecule has 28 heavy (non-hydrogen) atoms. The molecular weight excluding hydrogens is 531 g/mol. The highest BCUT2D eigenvalue weighted by atomic mass is 127. The largest absolute Gasteiger partial charge is 0.359 e. The van der Waals surface area contributed by atoms with Crippen molar-refractivity contribution in [3.63, 3.8) is 0 Å². The van der Waals surface area contributed by atoms with Gasteiger partial charge in [-0.25, -0.2) is 0 Å². The fraction of sp³-hybridized carbons (Fsp3) is 0.619. The van der Waals surface area contributed by atoms with Crippen molar-refractivity contribution in [3.8, 4) is 0 Å². The van der Waals surface area contributed by atoms with Crippen LogP contribution in [0.25, 0.3) is 0 Å². The number of carbonyl (C=O) groups excluding carboxylic acids is 1. The summed E-state index contributed by atoms with van der Waals surface area (Å²) in [5, 5.41) is 6.31. The topological polar surface area (TPSA) is 56.7 Å². The molecule has 0 saturated carbocycles. The Balaban J connectivity index is 0.00000392. The molecule has 158 valence electrons. The second-order valence-electron chi connectivity index (χ2n) is 7.34. The first kappa shape index (κ1) is 25.2. The van der Waals surface area contributed by atoms with E-state index in [2.05, 4.69) is 67.6 Å². The Morgan fingerprint density at radius 3 is 2.64 bits per heavy atom. The molecule has 0 spiro atoms. The standard InChI is InChI=1S/C21H33BrN4O.HI/c1-4-16(12-18-6-5-7-19(22)13-18)15-25-21(24-3)26-10-8-17(9-11-26)14-20(27)23-2;/h5-7,13,16-17H,4,8-12,14-15H2,1-3H3,(H,23,27)(H,24,25);1H. The van der Waals surface area contributed by atoms with E-state index in [1.165, 1.54) is 5.56 Å². The number of nitrogens with one attached hydrogen (secondary N) is 2. The van der Waals surface area contributed by atoms with Gasteiger partial charge in [-0.05, 0) is 48.8 Å². The SMILES string of the molecule is CCC(CNC(=NC)N1CCC(CC(=O)NC)CC1)Cc1cccc(Br)c1.I. The van der Waals surface area contributed by atoms with E-state index in [-0.39, 0.29) is 29.9 Å². The number of hydrogen-bond acceptors (Lipinski definition) is 2. The first-order chi connectivity index (χ1) is 13.0. The molecule has 0 aromatic heterocycles. The highest BCUT2D eigenvalue weighted by Crippen LogP contribution is 2.21. The van der Waals surface area contributed by atoms with E-state index in [9.17, 15) is 4.79 Å². The number of nitrogens with zero attached hydrogens (tertiary/aromatic N) is 2. The van der Waals surface area contributed by atoms with Crippen LogP contribution < -0.4 is 10.6 Å². The molecule has 2 N–H and O–H groups in total. The molecule has 1 aromatic rings. The summed E-state index contributed by atoms with van der Waals surface area (Å²) in [5.74, 6) is 2.19. The van der Waals surface area contributed by atoms with Crippen molar-refractivity contribution in [1.82, 2.24) is 15.5 Å². The number of amides is 1. The molecule has 7 heteroatoms. The zero-order chi connectivity index (χ0) is 19.6. The van der Waals surface area contributed by atoms with E-state index in [0.29, 0.717) is 18.3 Å². The van der Waals surface area contributed by atoms with Crippen LogP contribution in [-0.4, -0.2) is 50.5 Å². The van der Waals surface area contributed by atoms with Gasteiger partial charge in [-0.2, -0.15) is 0 Å². The molecule has 1 aliphatic heterocycles. The maximum atomic E-state index is 11.6. The Morgan fingerprint density at radius 2 is 2.07 bits per heavy atom. The Morgan fingerprint density at radius 1 is 1.36 bits per heavy atom. The minimum Gasteiger partial charge on any atom is -0.359 e. The average Bonchev–Trinajstić information content (AvgIpc) is 2.68. The summed E-state index contributed by atoms with van der Waals surface area (Å²) in [6, 6.07) is 8.56. The Labute approximate surface area is 195 Å². The Hall–Kier alpha value is -0.830. The summed E-state index contributed by atoms with van der Waals surface area (Å²) in [6.07, 6.45) is 4.92. The van der Waals surface area contributed by atoms with Crippen molar-refractivity contribution >= 4 is 51.8 Å². The van der Waals surface area contributed by atoms with E-state index >= 15 is 0 Å². The highest BCUT2D eigenvalue weighted by molar-refractivity contribution is 14.0. The monoisotopic (exact) mass is 564 g/mol. The van der Waals surface area contributed by atoms with Crippen LogP contribution in [0.3, 0.4) is 0 Å². The lowest BCUT2D eigenvalue weighted by atomic mass is 9.93. The van der Waals surface area contributed by atoms with Crippen LogP contribution in [0.2, 0.25) is 0 Å². The van der Waals surface area contributed by atoms with Gasteiger partial charge in [0.15, 0.2) is 5.96 Å². The minimum atomic E-state index is 0. The molecule has 1 saturated heterocycles. The molecule has 1 atom stereocenters. The number of halogens is 2. The first-order valence-electron chi connectivity index (χ1n) is 9.96. The molecule has 1 heterocycles. The fourth-order valence-corrected chi connectivity index (χ4v) is 4.09. The second kappa shape index (κ2) is 13.4. The molecule has 1 fully saturated rings. The summed E-state index contributed by atoms with van der Waals surface area (Å²) in [5.41, 5.74) is 1.36. The van der Waals surface area contributed by atoms with Gasteiger partial charge in [0.1, 0.15) is 0 Å². The minimum absolute atomic E-state index is 0. The number of aliphatic imine (C=N–C) groups is 1. The van der Waals surface area contributed by atoms with Gasteiger partial charge in [0.2, 0.25) is 5.91 Å². The zero-order valence-electron chi connectivity index (χ0n) is 17.2. The number of guanidine groups is 1. The summed E-state index contributed by atoms with van der Waals surface area (Å²) < 4.78 is 1.14. The number of benzene rings is 1. The van der Waals surface area contributed by atoms with Crippen LogP contribution in [0, 0.1) is 11.8 Å². The second-order valence-corrected chi connectivity index (χ2v) is 8.26. The van der Waals surface area contributed by atoms with Crippen LogP contribution in [0.1, 0.15) is 38.2 Å². The van der Waals surface area contributed by atoms with Crippen LogP contribution in [0.5, 0.6) is 0 Å². The number of piperidine rings is 1. The predicted octanol–water partition coefficient (Wildman–Crippen LogP) is 4.06. The lowest BCUT2D eigenvalue weighted by Crippen LogP contribution is -2.47. The molecule has 0 bridgehead atoms. The van der Waals surface area contributed by atoms with Gasteiger partial charge < -0.3 is 15.5 Å². The molecule has 2 rings (SSSR count). The number of likely N-dealkylation sites (tertiary alicyclic amines) is 1. The van der Waals surface area contributed by atoms with Gasteiger partial charge in [0.05, 0.1) is 0 Å². The third-order valence-corrected chi connectivity index (χ3v) is 5.91. The van der Waals surface area contributed by atoms with Crippen molar-refractivity contribution in [2.45, 2.75) is 39.0 Å². The predicted molar refractivity (Wildman–Crippen MR) is 131 cm³/mol. The van der Waals surface area contributed by atoms with Crippen molar-refractivity contribution in [2.75, 3.05) is 33.7 Å². The van der Waals surface area contributed by atoms with Crippen molar-refractivity contribution < 1.29 is 4.79 Å². The smallest absolute Gasteiger partial charge is 0.220 e. The van der Waals surface area contributed by atoms with Crippen LogP contribution in [-0.2, 0) is 11.2 Å². The molecule has 1 aromatic carbocycles. The van der Waals surface area contributed by atoms with Gasteiger partial charge in [-0.3, -0.25) is 9.79 Å². The Kier molecular flexibility index (Phi) is 12.1. The maximum absolute atomic E-state index is 11.6. The average molecular weight is 565 g/mol. The van der Waals surface area contributed by atoms with Crippen molar-refractivity contribution in [3.05, 3.63) is 34.3 Å². The zero-order valence-corrected chi connectivity index (χ0v) is 21.1. The summed E-state index contributed by atoms with van der Waals surface area (Å²) in [6.45, 7) is 5.10. The molecular formula is C21H34BrIN4O. The molecule has 0 aliphatic carbocycles. The maximum Gasteiger partial charge on any atom is 0.220 e. The molecule has 1 unspecified atom stereocenters. The van der Waals surface area contributed by atoms with E-state index < -0.39 is 0 Å². The molecule has 5 nitrogen and oxygen atoms in total. The number of hydrogen-bond donors (Lipinski definition) is 2. The Bertz CT molecular complexity index is 633. The van der Waals surface area contributed by atoms with Gasteiger partial charge in [-0.1, -0.05) is 41.4 Å². The van der Waals surface area contributed by atoms with Crippen LogP contribution >= 0.6 is 39.9 Å². The molecule has 1 aliphatic rings. The van der Waals surface area contributed by atoms with Crippen molar-refractivity contribution in [1.29, 1.82) is 0 Å². The van der Waals surface area contributed by atoms with Gasteiger partial charge in [0.25, 0.3) is 0 Å². The molecule has 0 radical (unpaired) electrons. The van der Waals surface area contributed by atoms with Crippen LogP contribution in [0.4, 0.5) is 0 Å². The lowest BCUT2D eigenvalue weighted by Gasteiger charge is -2.34. The number of rotatable bonds is 7. The van der Waals surface area contributed by atoms with E-state index in [4.69, 9.17) is 0 Å². The third kappa shape index (κ3) is 8.27. The fourth-order valence-electron chi connectivity index (χ4n) is 3.64. The van der Waals surface area contributed by atoms with Crippen molar-refractivity contribution in [2.24, 2.45) is 16.8 Å². The normalized spacial score (nSPS) is 16.3. The summed E-state index contributed by atoms with van der Waals surface area (Å²) in [7, 11) is 3.57. The van der Waals surface area contributed by atoms with Crippen LogP contribution in [0.15, 0.2) is 33.7 Å². The highest BCUT2D eigenvalue weighted by Gasteiger charge is 2.23. The third-order valence-electron chi connectivity index (χ3n) is 5.42. The van der Waals surface area contributed by atoms with Gasteiger partial charge in [0, 0.05) is 44.6 Å². The van der Waals surface area contributed by atoms with Gasteiger partial charge >= 0.3 is 0 Å². The summed E-state index contributed by atoms with van der Waals surface area (Å²) >= 11 is 3.56. The lowest BCUT2D eigenvalue weighted by molar-refractivity contribution is -0.121. The first-order valence-corrected chi connectivity index (χ1v) is 10.8. The van der Waals surface area contributed by atoms with E-state index in [0.717, 1.165) is 55.7 Å². The number of carbonyl (C=O) groups is 1. The van der Waals surface area contributed by atoms with E-state index in [1.54, 1.807) is 7.05 Å².